The number of carbonyl (C=O) groups is 1. The van der Waals surface area contributed by atoms with E-state index in [1.165, 1.54) is 10.9 Å². The van der Waals surface area contributed by atoms with E-state index in [9.17, 15) is 4.79 Å². The summed E-state index contributed by atoms with van der Waals surface area (Å²) in [6, 6.07) is 0. The van der Waals surface area contributed by atoms with Crippen molar-refractivity contribution in [3.8, 4) is 5.69 Å². The normalized spacial score (nSPS) is 10.6. The Morgan fingerprint density at radius 1 is 1.56 bits per heavy atom. The number of carboxylic acids is 1. The standard InChI is InChI=1S/C9H11N5O2/c1-3-6-8(5-13(2)11-6)14-7(9(15)16)4-10-12-14/h4-5H,3H2,1-2H3,(H,15,16). The Bertz CT molecular complexity index is 528. The van der Waals surface area contributed by atoms with Crippen molar-refractivity contribution in [1.29, 1.82) is 0 Å². The van der Waals surface area contributed by atoms with Crippen LogP contribution in [-0.2, 0) is 13.5 Å². The molecule has 7 heteroatoms. The zero-order valence-corrected chi connectivity index (χ0v) is 8.95. The summed E-state index contributed by atoms with van der Waals surface area (Å²) in [5, 5.41) is 20.5. The number of aryl methyl sites for hydroxylation is 2. The fourth-order valence-corrected chi connectivity index (χ4v) is 1.51. The first-order chi connectivity index (χ1) is 7.63. The molecule has 0 spiro atoms. The Balaban J connectivity index is 2.57. The molecule has 0 amide bonds. The van der Waals surface area contributed by atoms with Crippen molar-refractivity contribution >= 4 is 5.97 Å². The molecule has 0 unspecified atom stereocenters. The summed E-state index contributed by atoms with van der Waals surface area (Å²) in [6.07, 6.45) is 3.64. The van der Waals surface area contributed by atoms with E-state index in [0.29, 0.717) is 12.1 Å². The van der Waals surface area contributed by atoms with Crippen LogP contribution in [0.15, 0.2) is 12.4 Å². The lowest BCUT2D eigenvalue weighted by Crippen LogP contribution is -2.08. The predicted molar refractivity (Wildman–Crippen MR) is 54.5 cm³/mol. The molecule has 0 radical (unpaired) electrons. The minimum absolute atomic E-state index is 0.0303. The molecule has 2 heterocycles. The molecule has 7 nitrogen and oxygen atoms in total. The number of carboxylic acid groups (broad SMARTS) is 1. The second-order valence-corrected chi connectivity index (χ2v) is 3.32. The van der Waals surface area contributed by atoms with Gasteiger partial charge in [-0.3, -0.25) is 4.68 Å². The Labute approximate surface area is 91.3 Å². The summed E-state index contributed by atoms with van der Waals surface area (Å²) in [6.45, 7) is 1.95. The molecule has 2 aromatic heterocycles. The fourth-order valence-electron chi connectivity index (χ4n) is 1.51. The van der Waals surface area contributed by atoms with Gasteiger partial charge in [0.1, 0.15) is 5.69 Å². The van der Waals surface area contributed by atoms with Crippen molar-refractivity contribution in [2.45, 2.75) is 13.3 Å². The van der Waals surface area contributed by atoms with Crippen LogP contribution in [0.2, 0.25) is 0 Å². The molecule has 2 aromatic rings. The zero-order chi connectivity index (χ0) is 11.7. The lowest BCUT2D eigenvalue weighted by Gasteiger charge is -2.00. The number of aromatic carboxylic acids is 1. The molecule has 1 N–H and O–H groups in total. The zero-order valence-electron chi connectivity index (χ0n) is 8.95. The van der Waals surface area contributed by atoms with Gasteiger partial charge in [0.15, 0.2) is 5.69 Å². The van der Waals surface area contributed by atoms with E-state index in [0.717, 1.165) is 5.69 Å². The molecule has 84 valence electrons. The highest BCUT2D eigenvalue weighted by Crippen LogP contribution is 2.14. The first kappa shape index (κ1) is 10.3. The quantitative estimate of drug-likeness (QED) is 0.803. The van der Waals surface area contributed by atoms with E-state index >= 15 is 0 Å². The Kier molecular flexibility index (Phi) is 2.43. The monoisotopic (exact) mass is 221 g/mol. The Hall–Kier alpha value is -2.18. The predicted octanol–water partition coefficient (Wildman–Crippen LogP) is 0.261. The third-order valence-electron chi connectivity index (χ3n) is 2.21. The number of hydrogen-bond acceptors (Lipinski definition) is 4. The van der Waals surface area contributed by atoms with E-state index < -0.39 is 5.97 Å². The first-order valence-electron chi connectivity index (χ1n) is 4.80. The largest absolute Gasteiger partial charge is 0.476 e. The van der Waals surface area contributed by atoms with Gasteiger partial charge in [-0.1, -0.05) is 12.1 Å². The summed E-state index contributed by atoms with van der Waals surface area (Å²) in [7, 11) is 1.78. The average molecular weight is 221 g/mol. The number of nitrogens with zero attached hydrogens (tertiary/aromatic N) is 5. The lowest BCUT2D eigenvalue weighted by atomic mass is 10.3. The molecular weight excluding hydrogens is 210 g/mol. The molecular formula is C9H11N5O2. The van der Waals surface area contributed by atoms with Crippen molar-refractivity contribution in [2.75, 3.05) is 0 Å². The second kappa shape index (κ2) is 3.76. The lowest BCUT2D eigenvalue weighted by molar-refractivity contribution is 0.0687. The van der Waals surface area contributed by atoms with Crippen LogP contribution < -0.4 is 0 Å². The number of hydrogen-bond donors (Lipinski definition) is 1. The Morgan fingerprint density at radius 3 is 2.94 bits per heavy atom. The van der Waals surface area contributed by atoms with Gasteiger partial charge in [-0.2, -0.15) is 5.10 Å². The van der Waals surface area contributed by atoms with Crippen molar-refractivity contribution in [2.24, 2.45) is 7.05 Å². The fraction of sp³-hybridized carbons (Fsp3) is 0.333. The smallest absolute Gasteiger partial charge is 0.356 e. The summed E-state index contributed by atoms with van der Waals surface area (Å²) in [4.78, 5) is 10.9. The maximum Gasteiger partial charge on any atom is 0.356 e. The van der Waals surface area contributed by atoms with Crippen LogP contribution in [0.3, 0.4) is 0 Å². The second-order valence-electron chi connectivity index (χ2n) is 3.32. The van der Waals surface area contributed by atoms with E-state index in [1.807, 2.05) is 6.92 Å². The molecule has 0 bridgehead atoms. The van der Waals surface area contributed by atoms with Crippen LogP contribution in [-0.4, -0.2) is 35.9 Å². The van der Waals surface area contributed by atoms with E-state index in [-0.39, 0.29) is 5.69 Å². The van der Waals surface area contributed by atoms with E-state index in [4.69, 9.17) is 5.11 Å². The van der Waals surface area contributed by atoms with Crippen LogP contribution in [0.5, 0.6) is 0 Å². The molecule has 2 rings (SSSR count). The minimum atomic E-state index is -1.06. The molecule has 0 aliphatic rings. The van der Waals surface area contributed by atoms with Crippen LogP contribution in [0.25, 0.3) is 5.69 Å². The summed E-state index contributed by atoms with van der Waals surface area (Å²) < 4.78 is 2.91. The highest BCUT2D eigenvalue weighted by molar-refractivity contribution is 5.85. The average Bonchev–Trinajstić information content (AvgIpc) is 2.82. The molecule has 0 aliphatic carbocycles. The Morgan fingerprint density at radius 2 is 2.31 bits per heavy atom. The molecule has 0 aromatic carbocycles. The van der Waals surface area contributed by atoms with E-state index in [2.05, 4.69) is 15.4 Å². The minimum Gasteiger partial charge on any atom is -0.476 e. The highest BCUT2D eigenvalue weighted by atomic mass is 16.4. The van der Waals surface area contributed by atoms with Gasteiger partial charge < -0.3 is 5.11 Å². The number of aromatic nitrogens is 5. The maximum absolute atomic E-state index is 10.9. The highest BCUT2D eigenvalue weighted by Gasteiger charge is 2.17. The van der Waals surface area contributed by atoms with Crippen molar-refractivity contribution in [3.05, 3.63) is 23.8 Å². The van der Waals surface area contributed by atoms with Gasteiger partial charge in [-0.15, -0.1) is 5.10 Å². The molecule has 0 saturated heterocycles. The topological polar surface area (TPSA) is 85.8 Å². The molecule has 0 fully saturated rings. The molecule has 16 heavy (non-hydrogen) atoms. The maximum atomic E-state index is 10.9. The summed E-state index contributed by atoms with van der Waals surface area (Å²) >= 11 is 0. The molecule has 0 aliphatic heterocycles. The van der Waals surface area contributed by atoms with Gasteiger partial charge in [0, 0.05) is 7.05 Å². The van der Waals surface area contributed by atoms with Crippen molar-refractivity contribution < 1.29 is 9.90 Å². The van der Waals surface area contributed by atoms with Crippen LogP contribution in [0.4, 0.5) is 0 Å². The molecule has 0 saturated carbocycles. The summed E-state index contributed by atoms with van der Waals surface area (Å²) in [5.41, 5.74) is 1.47. The third kappa shape index (κ3) is 1.56. The summed E-state index contributed by atoms with van der Waals surface area (Å²) in [5.74, 6) is -1.06. The SMILES string of the molecule is CCc1nn(C)cc1-n1nncc1C(=O)O. The van der Waals surface area contributed by atoms with Gasteiger partial charge in [0.25, 0.3) is 0 Å². The van der Waals surface area contributed by atoms with Gasteiger partial charge >= 0.3 is 5.97 Å². The van der Waals surface area contributed by atoms with E-state index in [1.54, 1.807) is 17.9 Å². The van der Waals surface area contributed by atoms with Gasteiger partial charge in [0.2, 0.25) is 0 Å². The van der Waals surface area contributed by atoms with Crippen LogP contribution in [0.1, 0.15) is 23.1 Å². The van der Waals surface area contributed by atoms with Crippen LogP contribution in [0, 0.1) is 0 Å². The van der Waals surface area contributed by atoms with Crippen molar-refractivity contribution in [3.63, 3.8) is 0 Å². The van der Waals surface area contributed by atoms with Crippen LogP contribution >= 0.6 is 0 Å². The third-order valence-corrected chi connectivity index (χ3v) is 2.21. The molecule has 0 atom stereocenters. The van der Waals surface area contributed by atoms with Gasteiger partial charge in [0.05, 0.1) is 18.1 Å². The van der Waals surface area contributed by atoms with Crippen molar-refractivity contribution in [1.82, 2.24) is 24.8 Å². The van der Waals surface area contributed by atoms with Gasteiger partial charge in [-0.25, -0.2) is 9.48 Å². The first-order valence-corrected chi connectivity index (χ1v) is 4.80. The van der Waals surface area contributed by atoms with Gasteiger partial charge in [-0.05, 0) is 6.42 Å². The number of rotatable bonds is 3.